The molecule has 1 amide bonds. The standard InChI is InChI=1S/C21H33N5O3/c1-14(2)8-26-11-19(28-13-20-15(3)23-29-17(20)5)10-25(12-21(26)27)9-18-7-22-24(6)16(18)4/h7,14,19H,8-13H2,1-6H3. The lowest BCUT2D eigenvalue weighted by Gasteiger charge is -2.26. The van der Waals surface area contributed by atoms with Crippen molar-refractivity contribution >= 4 is 5.91 Å². The molecule has 29 heavy (non-hydrogen) atoms. The Hall–Kier alpha value is -2.19. The number of rotatable bonds is 7. The van der Waals surface area contributed by atoms with E-state index in [0.717, 1.165) is 34.8 Å². The van der Waals surface area contributed by atoms with Gasteiger partial charge in [-0.25, -0.2) is 0 Å². The van der Waals surface area contributed by atoms with Crippen LogP contribution in [0.4, 0.5) is 0 Å². The normalized spacial score (nSPS) is 18.7. The fourth-order valence-corrected chi connectivity index (χ4v) is 3.74. The highest BCUT2D eigenvalue weighted by Crippen LogP contribution is 2.18. The van der Waals surface area contributed by atoms with E-state index in [-0.39, 0.29) is 12.0 Å². The Labute approximate surface area is 172 Å². The Morgan fingerprint density at radius 2 is 2.03 bits per heavy atom. The molecule has 1 fully saturated rings. The van der Waals surface area contributed by atoms with Crippen LogP contribution in [0, 0.1) is 26.7 Å². The zero-order chi connectivity index (χ0) is 21.1. The van der Waals surface area contributed by atoms with Crippen LogP contribution in [0.1, 0.15) is 42.1 Å². The lowest BCUT2D eigenvalue weighted by atomic mass is 10.2. The van der Waals surface area contributed by atoms with Gasteiger partial charge in [0, 0.05) is 50.0 Å². The largest absolute Gasteiger partial charge is 0.370 e. The molecule has 0 radical (unpaired) electrons. The van der Waals surface area contributed by atoms with Crippen LogP contribution in [0.25, 0.3) is 0 Å². The summed E-state index contributed by atoms with van der Waals surface area (Å²) in [5.74, 6) is 1.35. The van der Waals surface area contributed by atoms with Gasteiger partial charge >= 0.3 is 0 Å². The van der Waals surface area contributed by atoms with Crippen molar-refractivity contribution in [3.63, 3.8) is 0 Å². The molecule has 0 N–H and O–H groups in total. The second-order valence-corrected chi connectivity index (χ2v) is 8.48. The molecule has 0 spiro atoms. The zero-order valence-corrected chi connectivity index (χ0v) is 18.4. The Bertz CT molecular complexity index is 822. The number of ether oxygens (including phenoxy) is 1. The molecule has 2 aromatic rings. The van der Waals surface area contributed by atoms with Crippen LogP contribution in [-0.4, -0.2) is 62.9 Å². The first-order valence-corrected chi connectivity index (χ1v) is 10.3. The number of carbonyl (C=O) groups is 1. The van der Waals surface area contributed by atoms with Crippen molar-refractivity contribution in [3.05, 3.63) is 34.5 Å². The molecule has 3 heterocycles. The highest BCUT2D eigenvalue weighted by Gasteiger charge is 2.29. The maximum Gasteiger partial charge on any atom is 0.236 e. The van der Waals surface area contributed by atoms with Gasteiger partial charge < -0.3 is 14.2 Å². The van der Waals surface area contributed by atoms with E-state index >= 15 is 0 Å². The molecule has 0 aromatic carbocycles. The maximum atomic E-state index is 12.9. The molecule has 2 aromatic heterocycles. The van der Waals surface area contributed by atoms with Gasteiger partial charge in [-0.05, 0) is 26.7 Å². The van der Waals surface area contributed by atoms with Gasteiger partial charge in [0.1, 0.15) is 5.76 Å². The summed E-state index contributed by atoms with van der Waals surface area (Å²) in [6.07, 6.45) is 1.81. The molecule has 1 aliphatic heterocycles. The summed E-state index contributed by atoms with van der Waals surface area (Å²) in [5.41, 5.74) is 4.11. The van der Waals surface area contributed by atoms with Gasteiger partial charge in [0.05, 0.1) is 31.1 Å². The summed E-state index contributed by atoms with van der Waals surface area (Å²) in [7, 11) is 1.94. The van der Waals surface area contributed by atoms with Gasteiger partial charge in [0.25, 0.3) is 0 Å². The number of carbonyl (C=O) groups excluding carboxylic acids is 1. The molecule has 0 bridgehead atoms. The summed E-state index contributed by atoms with van der Waals surface area (Å²) in [5, 5.41) is 8.34. The number of aryl methyl sites for hydroxylation is 3. The van der Waals surface area contributed by atoms with Crippen molar-refractivity contribution in [3.8, 4) is 0 Å². The van der Waals surface area contributed by atoms with Crippen LogP contribution in [0.15, 0.2) is 10.7 Å². The van der Waals surface area contributed by atoms with E-state index in [1.807, 2.05) is 36.7 Å². The smallest absolute Gasteiger partial charge is 0.236 e. The predicted octanol–water partition coefficient (Wildman–Crippen LogP) is 2.22. The van der Waals surface area contributed by atoms with E-state index in [1.54, 1.807) is 0 Å². The highest BCUT2D eigenvalue weighted by atomic mass is 16.5. The minimum Gasteiger partial charge on any atom is -0.370 e. The van der Waals surface area contributed by atoms with Crippen LogP contribution >= 0.6 is 0 Å². The van der Waals surface area contributed by atoms with Crippen molar-refractivity contribution in [2.45, 2.75) is 53.9 Å². The van der Waals surface area contributed by atoms with Gasteiger partial charge in [-0.3, -0.25) is 14.4 Å². The Morgan fingerprint density at radius 3 is 2.62 bits per heavy atom. The summed E-state index contributed by atoms with van der Waals surface area (Å²) in [4.78, 5) is 17.0. The fraction of sp³-hybridized carbons (Fsp3) is 0.667. The number of aromatic nitrogens is 3. The summed E-state index contributed by atoms with van der Waals surface area (Å²) in [6.45, 7) is 13.7. The lowest BCUT2D eigenvalue weighted by Crippen LogP contribution is -2.40. The van der Waals surface area contributed by atoms with Crippen LogP contribution in [-0.2, 0) is 29.7 Å². The van der Waals surface area contributed by atoms with Gasteiger partial charge in [-0.1, -0.05) is 19.0 Å². The van der Waals surface area contributed by atoms with Crippen LogP contribution < -0.4 is 0 Å². The first-order chi connectivity index (χ1) is 13.7. The monoisotopic (exact) mass is 403 g/mol. The molecule has 3 rings (SSSR count). The number of nitrogens with zero attached hydrogens (tertiary/aromatic N) is 5. The lowest BCUT2D eigenvalue weighted by molar-refractivity contribution is -0.132. The third kappa shape index (κ3) is 5.25. The Kier molecular flexibility index (Phi) is 6.74. The summed E-state index contributed by atoms with van der Waals surface area (Å²) >= 11 is 0. The quantitative estimate of drug-likeness (QED) is 0.706. The van der Waals surface area contributed by atoms with Crippen LogP contribution in [0.5, 0.6) is 0 Å². The van der Waals surface area contributed by atoms with Gasteiger partial charge in [-0.15, -0.1) is 0 Å². The Morgan fingerprint density at radius 1 is 1.28 bits per heavy atom. The molecule has 1 unspecified atom stereocenters. The third-order valence-electron chi connectivity index (χ3n) is 5.56. The average Bonchev–Trinajstić information content (AvgIpc) is 3.08. The number of hydrogen-bond donors (Lipinski definition) is 0. The molecule has 1 saturated heterocycles. The Balaban J connectivity index is 1.74. The summed E-state index contributed by atoms with van der Waals surface area (Å²) < 4.78 is 13.4. The van der Waals surface area contributed by atoms with Crippen molar-refractivity contribution < 1.29 is 14.1 Å². The van der Waals surface area contributed by atoms with Crippen LogP contribution in [0.3, 0.4) is 0 Å². The van der Waals surface area contributed by atoms with E-state index in [1.165, 1.54) is 0 Å². The topological polar surface area (TPSA) is 76.6 Å². The molecule has 8 nitrogen and oxygen atoms in total. The van der Waals surface area contributed by atoms with Crippen molar-refractivity contribution in [1.29, 1.82) is 0 Å². The fourth-order valence-electron chi connectivity index (χ4n) is 3.74. The number of hydrogen-bond acceptors (Lipinski definition) is 6. The van der Waals surface area contributed by atoms with Gasteiger partial charge in [0.15, 0.2) is 0 Å². The van der Waals surface area contributed by atoms with E-state index in [0.29, 0.717) is 38.7 Å². The second kappa shape index (κ2) is 9.09. The molecule has 0 saturated carbocycles. The SMILES string of the molecule is Cc1noc(C)c1COC1CN(Cc2cnn(C)c2C)CC(=O)N(CC(C)C)C1. The zero-order valence-electron chi connectivity index (χ0n) is 18.4. The maximum absolute atomic E-state index is 12.9. The highest BCUT2D eigenvalue weighted by molar-refractivity contribution is 5.78. The van der Waals surface area contributed by atoms with Crippen molar-refractivity contribution in [1.82, 2.24) is 24.7 Å². The van der Waals surface area contributed by atoms with E-state index in [9.17, 15) is 4.79 Å². The molecule has 1 aliphatic rings. The molecular weight excluding hydrogens is 370 g/mol. The first kappa shape index (κ1) is 21.5. The minimum absolute atomic E-state index is 0.0779. The van der Waals surface area contributed by atoms with E-state index < -0.39 is 0 Å². The molecule has 0 aliphatic carbocycles. The molecular formula is C21H33N5O3. The molecule has 160 valence electrons. The second-order valence-electron chi connectivity index (χ2n) is 8.48. The van der Waals surface area contributed by atoms with E-state index in [2.05, 4.69) is 35.9 Å². The van der Waals surface area contributed by atoms with Gasteiger partial charge in [-0.2, -0.15) is 5.10 Å². The van der Waals surface area contributed by atoms with Crippen molar-refractivity contribution in [2.24, 2.45) is 13.0 Å². The predicted molar refractivity (Wildman–Crippen MR) is 109 cm³/mol. The van der Waals surface area contributed by atoms with Gasteiger partial charge in [0.2, 0.25) is 5.91 Å². The minimum atomic E-state index is -0.0779. The molecule has 1 atom stereocenters. The molecule has 8 heteroatoms. The van der Waals surface area contributed by atoms with Crippen molar-refractivity contribution in [2.75, 3.05) is 26.2 Å². The average molecular weight is 404 g/mol. The number of amides is 1. The van der Waals surface area contributed by atoms with E-state index in [4.69, 9.17) is 9.26 Å². The third-order valence-corrected chi connectivity index (χ3v) is 5.56. The first-order valence-electron chi connectivity index (χ1n) is 10.3. The van der Waals surface area contributed by atoms with Crippen LogP contribution in [0.2, 0.25) is 0 Å². The summed E-state index contributed by atoms with van der Waals surface area (Å²) in [6, 6.07) is 0.